The van der Waals surface area contributed by atoms with Crippen molar-refractivity contribution in [2.75, 3.05) is 0 Å². The second-order valence-electron chi connectivity index (χ2n) is 23.7. The molecule has 0 aromatic heterocycles. The van der Waals surface area contributed by atoms with E-state index in [1.807, 2.05) is 0 Å². The summed E-state index contributed by atoms with van der Waals surface area (Å²) in [6, 6.07) is 0. The van der Waals surface area contributed by atoms with Gasteiger partial charge >= 0.3 is 0 Å². The van der Waals surface area contributed by atoms with Crippen molar-refractivity contribution in [3.05, 3.63) is 0 Å². The van der Waals surface area contributed by atoms with Crippen molar-refractivity contribution in [3.8, 4) is 0 Å². The number of unbranched alkanes of at least 4 members (excludes halogenated alkanes) is 1. The highest BCUT2D eigenvalue weighted by Crippen LogP contribution is 2.54. The third-order valence-corrected chi connectivity index (χ3v) is 19.9. The summed E-state index contributed by atoms with van der Waals surface area (Å²) in [5.41, 5.74) is 0.252. The summed E-state index contributed by atoms with van der Waals surface area (Å²) in [6.07, 6.45) is 29.5. The van der Waals surface area contributed by atoms with Gasteiger partial charge in [0.2, 0.25) is 0 Å². The molecule has 2 fully saturated rings. The molecule has 2 aliphatic carbocycles. The average Bonchev–Trinajstić information content (AvgIpc) is 3.24. The number of hydrogen-bond acceptors (Lipinski definition) is 2. The number of rotatable bonds is 28. The monoisotopic (exact) mass is 857 g/mol. The lowest BCUT2D eigenvalue weighted by atomic mass is 9.53. The quantitative estimate of drug-likeness (QED) is 0.0823. The molecule has 0 saturated heterocycles. The maximum Gasteiger partial charge on any atom is 0.0571 e. The summed E-state index contributed by atoms with van der Waals surface area (Å²) in [5.74, 6) is 11.3. The molecule has 2 N–H and O–H groups in total. The maximum absolute atomic E-state index is 12.1. The smallest absolute Gasteiger partial charge is 0.0571 e. The minimum absolute atomic E-state index is 0.190. The molecule has 18 atom stereocenters. The molecule has 2 saturated carbocycles. The first-order valence-electron chi connectivity index (χ1n) is 28.4. The standard InChI is InChI=1S/C59H116O2/c1-17-25-31-54(43(12)38-51(42(11)20-4)40-49(22-6)48(21-5)27-18-2)58(61)35-33-47-29-26-30-50(39-47)57(60)36-37-59(16)44(13)32-34-53(41(9)10)45(14)52(23-7)55(28-19-3)46(15)56(59)24-8/h41-58,60-61H,17-40H2,1-16H3. The Labute approximate surface area is 385 Å². The summed E-state index contributed by atoms with van der Waals surface area (Å²) in [5, 5.41) is 24.2. The van der Waals surface area contributed by atoms with Crippen molar-refractivity contribution >= 4 is 0 Å². The number of aliphatic hydroxyl groups excluding tert-OH is 2. The highest BCUT2D eigenvalue weighted by atomic mass is 16.3. The molecule has 18 unspecified atom stereocenters. The molecule has 0 amide bonds. The van der Waals surface area contributed by atoms with Crippen LogP contribution < -0.4 is 0 Å². The van der Waals surface area contributed by atoms with Gasteiger partial charge in [-0.05, 0) is 171 Å². The topological polar surface area (TPSA) is 40.5 Å². The Balaban J connectivity index is 2.19. The molecule has 0 bridgehead atoms. The Kier molecular flexibility index (Phi) is 27.6. The van der Waals surface area contributed by atoms with Crippen LogP contribution in [-0.4, -0.2) is 22.4 Å². The van der Waals surface area contributed by atoms with Gasteiger partial charge in [0.25, 0.3) is 0 Å². The van der Waals surface area contributed by atoms with E-state index >= 15 is 0 Å². The first-order chi connectivity index (χ1) is 29.0. The van der Waals surface area contributed by atoms with Gasteiger partial charge in [-0.2, -0.15) is 0 Å². The van der Waals surface area contributed by atoms with Crippen LogP contribution >= 0.6 is 0 Å². The van der Waals surface area contributed by atoms with E-state index in [-0.39, 0.29) is 17.6 Å². The van der Waals surface area contributed by atoms with Crippen LogP contribution in [0.1, 0.15) is 265 Å². The summed E-state index contributed by atoms with van der Waals surface area (Å²) in [7, 11) is 0. The van der Waals surface area contributed by atoms with Crippen LogP contribution in [0.15, 0.2) is 0 Å². The van der Waals surface area contributed by atoms with Gasteiger partial charge in [0, 0.05) is 0 Å². The fourth-order valence-corrected chi connectivity index (χ4v) is 15.4. The minimum atomic E-state index is -0.195. The second kappa shape index (κ2) is 29.5. The van der Waals surface area contributed by atoms with Gasteiger partial charge in [-0.15, -0.1) is 0 Å². The average molecular weight is 858 g/mol. The Morgan fingerprint density at radius 3 is 1.85 bits per heavy atom. The molecule has 2 aliphatic rings. The molecule has 0 radical (unpaired) electrons. The van der Waals surface area contributed by atoms with Crippen molar-refractivity contribution in [1.82, 2.24) is 0 Å². The second-order valence-corrected chi connectivity index (χ2v) is 23.7. The molecule has 2 rings (SSSR count). The largest absolute Gasteiger partial charge is 0.393 e. The van der Waals surface area contributed by atoms with E-state index < -0.39 is 0 Å². The fraction of sp³-hybridized carbons (Fsp3) is 1.00. The number of hydrogen-bond donors (Lipinski definition) is 2. The van der Waals surface area contributed by atoms with Crippen LogP contribution in [0.5, 0.6) is 0 Å². The molecular weight excluding hydrogens is 741 g/mol. The summed E-state index contributed by atoms with van der Waals surface area (Å²) in [4.78, 5) is 0. The molecule has 2 heteroatoms. The lowest BCUT2D eigenvalue weighted by molar-refractivity contribution is -0.0358. The lowest BCUT2D eigenvalue weighted by Crippen LogP contribution is -2.45. The zero-order chi connectivity index (χ0) is 45.9. The Morgan fingerprint density at radius 2 is 1.30 bits per heavy atom. The summed E-state index contributed by atoms with van der Waals surface area (Å²) < 4.78 is 0. The molecule has 0 aromatic carbocycles. The molecule has 0 aliphatic heterocycles. The molecule has 61 heavy (non-hydrogen) atoms. The Morgan fingerprint density at radius 1 is 0.607 bits per heavy atom. The van der Waals surface area contributed by atoms with Crippen LogP contribution in [-0.2, 0) is 0 Å². The highest BCUT2D eigenvalue weighted by Gasteiger charge is 2.47. The minimum Gasteiger partial charge on any atom is -0.393 e. The van der Waals surface area contributed by atoms with Crippen molar-refractivity contribution in [2.24, 2.45) is 100 Å². The lowest BCUT2D eigenvalue weighted by Gasteiger charge is -2.52. The van der Waals surface area contributed by atoms with Gasteiger partial charge in [-0.1, -0.05) is 194 Å². The predicted octanol–water partition coefficient (Wildman–Crippen LogP) is 18.3. The molecular formula is C59H116O2. The van der Waals surface area contributed by atoms with Gasteiger partial charge in [-0.3, -0.25) is 0 Å². The maximum atomic E-state index is 12.1. The summed E-state index contributed by atoms with van der Waals surface area (Å²) in [6.45, 7) is 40.0. The van der Waals surface area contributed by atoms with Crippen molar-refractivity contribution in [1.29, 1.82) is 0 Å². The third-order valence-electron chi connectivity index (χ3n) is 19.9. The van der Waals surface area contributed by atoms with E-state index in [1.54, 1.807) is 0 Å². The zero-order valence-electron chi connectivity index (χ0n) is 44.8. The molecule has 0 spiro atoms. The van der Waals surface area contributed by atoms with Crippen LogP contribution in [0.4, 0.5) is 0 Å². The van der Waals surface area contributed by atoms with Crippen molar-refractivity contribution in [2.45, 2.75) is 277 Å². The van der Waals surface area contributed by atoms with Crippen LogP contribution in [0.25, 0.3) is 0 Å². The first kappa shape index (κ1) is 57.0. The number of aliphatic hydroxyl groups is 2. The Bertz CT molecular complexity index is 1080. The van der Waals surface area contributed by atoms with Gasteiger partial charge < -0.3 is 10.2 Å². The van der Waals surface area contributed by atoms with Gasteiger partial charge in [0.05, 0.1) is 12.2 Å². The summed E-state index contributed by atoms with van der Waals surface area (Å²) >= 11 is 0. The van der Waals surface area contributed by atoms with Gasteiger partial charge in [0.15, 0.2) is 0 Å². The Hall–Kier alpha value is -0.0800. The van der Waals surface area contributed by atoms with E-state index in [9.17, 15) is 10.2 Å². The first-order valence-corrected chi connectivity index (χ1v) is 28.4. The van der Waals surface area contributed by atoms with Crippen LogP contribution in [0, 0.1) is 100 Å². The van der Waals surface area contributed by atoms with E-state index in [1.165, 1.54) is 135 Å². The van der Waals surface area contributed by atoms with Crippen molar-refractivity contribution < 1.29 is 10.2 Å². The van der Waals surface area contributed by atoms with E-state index in [0.717, 1.165) is 78.4 Å². The van der Waals surface area contributed by atoms with Gasteiger partial charge in [0.1, 0.15) is 0 Å². The third kappa shape index (κ3) is 16.6. The van der Waals surface area contributed by atoms with Gasteiger partial charge in [-0.25, -0.2) is 0 Å². The van der Waals surface area contributed by atoms with Crippen LogP contribution in [0.3, 0.4) is 0 Å². The zero-order valence-corrected chi connectivity index (χ0v) is 44.8. The molecule has 364 valence electrons. The SMILES string of the molecule is CCCCC(C(C)CC(CC(CC)C(CC)CCC)C(C)CC)C(O)CCC1CCCC(C(O)CCC2(C)C(C)CCC(C(C)C)C(C)C(CC)C(CCC)C(C)C2CC)C1. The van der Waals surface area contributed by atoms with E-state index in [0.29, 0.717) is 35.5 Å². The van der Waals surface area contributed by atoms with Crippen molar-refractivity contribution in [3.63, 3.8) is 0 Å². The highest BCUT2D eigenvalue weighted by molar-refractivity contribution is 4.96. The predicted molar refractivity (Wildman–Crippen MR) is 272 cm³/mol. The molecule has 0 heterocycles. The van der Waals surface area contributed by atoms with Crippen LogP contribution in [0.2, 0.25) is 0 Å². The fourth-order valence-electron chi connectivity index (χ4n) is 15.4. The van der Waals surface area contributed by atoms with E-state index in [2.05, 4.69) is 111 Å². The normalized spacial score (nSPS) is 33.4. The molecule has 0 aromatic rings. The molecule has 2 nitrogen and oxygen atoms in total. The van der Waals surface area contributed by atoms with E-state index in [4.69, 9.17) is 0 Å².